The van der Waals surface area contributed by atoms with Gasteiger partial charge in [0.15, 0.2) is 0 Å². The molecule has 0 fully saturated rings. The maximum absolute atomic E-state index is 12.3. The fourth-order valence-electron chi connectivity index (χ4n) is 3.31. The van der Waals surface area contributed by atoms with Crippen LogP contribution >= 0.6 is 0 Å². The summed E-state index contributed by atoms with van der Waals surface area (Å²) in [7, 11) is 0. The molecule has 3 aromatic rings. The fourth-order valence-corrected chi connectivity index (χ4v) is 3.31. The fraction of sp³-hybridized carbons (Fsp3) is 0.250. The second-order valence-corrected chi connectivity index (χ2v) is 6.87. The average molecular weight is 392 g/mol. The number of amides is 2. The second-order valence-electron chi connectivity index (χ2n) is 6.87. The van der Waals surface area contributed by atoms with E-state index in [2.05, 4.69) is 25.7 Å². The Balaban J connectivity index is 1.51. The van der Waals surface area contributed by atoms with Crippen LogP contribution in [0.3, 0.4) is 0 Å². The number of fused-ring (bicyclic) bond motifs is 1. The van der Waals surface area contributed by atoms with Crippen LogP contribution in [-0.2, 0) is 29.0 Å². The predicted molar refractivity (Wildman–Crippen MR) is 106 cm³/mol. The molecule has 1 aliphatic rings. The van der Waals surface area contributed by atoms with E-state index in [1.165, 1.54) is 4.68 Å². The Hall–Kier alpha value is -3.75. The smallest absolute Gasteiger partial charge is 0.314 e. The van der Waals surface area contributed by atoms with E-state index in [0.717, 1.165) is 24.1 Å². The number of aromatic amines is 1. The molecule has 9 heteroatoms. The lowest BCUT2D eigenvalue weighted by Crippen LogP contribution is -2.35. The zero-order valence-corrected chi connectivity index (χ0v) is 15.9. The van der Waals surface area contributed by atoms with Crippen LogP contribution in [0.25, 0.3) is 5.95 Å². The van der Waals surface area contributed by atoms with E-state index in [0.29, 0.717) is 17.7 Å². The lowest BCUT2D eigenvalue weighted by molar-refractivity contribution is -0.136. The van der Waals surface area contributed by atoms with Crippen molar-refractivity contribution >= 4 is 17.6 Å². The van der Waals surface area contributed by atoms with E-state index in [1.807, 2.05) is 30.3 Å². The summed E-state index contributed by atoms with van der Waals surface area (Å²) in [5, 5.41) is 9.41. The highest BCUT2D eigenvalue weighted by molar-refractivity contribution is 6.39. The number of aryl methyl sites for hydroxylation is 2. The van der Waals surface area contributed by atoms with Crippen LogP contribution in [0.15, 0.2) is 41.2 Å². The first-order chi connectivity index (χ1) is 14.0. The number of rotatable bonds is 4. The number of nitrogens with one attached hydrogen (secondary N) is 3. The van der Waals surface area contributed by atoms with Crippen molar-refractivity contribution in [2.45, 2.75) is 32.7 Å². The minimum Gasteiger partial charge on any atom is -0.344 e. The highest BCUT2D eigenvalue weighted by Gasteiger charge is 2.21. The number of H-pyrrole nitrogens is 1. The monoisotopic (exact) mass is 392 g/mol. The third-order valence-electron chi connectivity index (χ3n) is 4.70. The van der Waals surface area contributed by atoms with Crippen LogP contribution in [0.4, 0.5) is 5.82 Å². The zero-order chi connectivity index (χ0) is 20.4. The van der Waals surface area contributed by atoms with Gasteiger partial charge in [-0.1, -0.05) is 30.3 Å². The van der Waals surface area contributed by atoms with Crippen LogP contribution in [0.5, 0.6) is 0 Å². The SMILES string of the molecule is Cc1cc(NC(=O)C(=O)NCc2ccccc2)n(-c2nc3c(c(=O)[nH]2)CCC3)n1. The van der Waals surface area contributed by atoms with Gasteiger partial charge in [0.2, 0.25) is 5.95 Å². The first kappa shape index (κ1) is 18.6. The van der Waals surface area contributed by atoms with Gasteiger partial charge < -0.3 is 10.6 Å². The molecule has 2 aromatic heterocycles. The molecule has 2 amide bonds. The molecular weight excluding hydrogens is 372 g/mol. The van der Waals surface area contributed by atoms with Gasteiger partial charge in [0, 0.05) is 18.2 Å². The minimum atomic E-state index is -0.828. The van der Waals surface area contributed by atoms with Gasteiger partial charge >= 0.3 is 11.8 Å². The summed E-state index contributed by atoms with van der Waals surface area (Å²) in [5.41, 5.74) is 2.73. The van der Waals surface area contributed by atoms with Gasteiger partial charge in [0.25, 0.3) is 5.56 Å². The molecule has 0 unspecified atom stereocenters. The van der Waals surface area contributed by atoms with E-state index in [4.69, 9.17) is 0 Å². The molecule has 1 aromatic carbocycles. The Morgan fingerprint density at radius 1 is 1.17 bits per heavy atom. The van der Waals surface area contributed by atoms with Crippen molar-refractivity contribution in [3.63, 3.8) is 0 Å². The number of carbonyl (C=O) groups is 2. The molecule has 4 rings (SSSR count). The molecule has 0 spiro atoms. The molecule has 29 heavy (non-hydrogen) atoms. The molecule has 3 N–H and O–H groups in total. The summed E-state index contributed by atoms with van der Waals surface area (Å²) < 4.78 is 1.33. The molecule has 0 radical (unpaired) electrons. The number of nitrogens with zero attached hydrogens (tertiary/aromatic N) is 3. The van der Waals surface area contributed by atoms with Crippen LogP contribution < -0.4 is 16.2 Å². The average Bonchev–Trinajstić information content (AvgIpc) is 3.33. The van der Waals surface area contributed by atoms with Gasteiger partial charge in [-0.3, -0.25) is 19.4 Å². The third-order valence-corrected chi connectivity index (χ3v) is 4.70. The van der Waals surface area contributed by atoms with E-state index in [1.54, 1.807) is 13.0 Å². The van der Waals surface area contributed by atoms with Crippen LogP contribution in [-0.4, -0.2) is 31.6 Å². The molecule has 9 nitrogen and oxygen atoms in total. The lowest BCUT2D eigenvalue weighted by Gasteiger charge is -2.09. The van der Waals surface area contributed by atoms with Gasteiger partial charge in [-0.15, -0.1) is 0 Å². The zero-order valence-electron chi connectivity index (χ0n) is 15.9. The summed E-state index contributed by atoms with van der Waals surface area (Å²) in [6.07, 6.45) is 2.33. The minimum absolute atomic E-state index is 0.200. The van der Waals surface area contributed by atoms with Crippen LogP contribution in [0.1, 0.15) is 28.9 Å². The molecule has 148 valence electrons. The van der Waals surface area contributed by atoms with Gasteiger partial charge in [0.05, 0.1) is 11.4 Å². The third kappa shape index (κ3) is 3.93. The van der Waals surface area contributed by atoms with Crippen molar-refractivity contribution in [3.05, 3.63) is 69.3 Å². The highest BCUT2D eigenvalue weighted by atomic mass is 16.2. The summed E-state index contributed by atoms with van der Waals surface area (Å²) in [5.74, 6) is -1.13. The summed E-state index contributed by atoms with van der Waals surface area (Å²) >= 11 is 0. The van der Waals surface area contributed by atoms with Crippen molar-refractivity contribution in [1.82, 2.24) is 25.1 Å². The van der Waals surface area contributed by atoms with E-state index in [-0.39, 0.29) is 23.9 Å². The quantitative estimate of drug-likeness (QED) is 0.572. The largest absolute Gasteiger partial charge is 0.344 e. The molecule has 0 saturated carbocycles. The molecule has 0 bridgehead atoms. The Morgan fingerprint density at radius 3 is 2.76 bits per heavy atom. The predicted octanol–water partition coefficient (Wildman–Crippen LogP) is 1.01. The van der Waals surface area contributed by atoms with E-state index in [9.17, 15) is 14.4 Å². The number of anilines is 1. The molecule has 0 aliphatic heterocycles. The normalized spacial score (nSPS) is 12.4. The Labute approximate surface area is 166 Å². The van der Waals surface area contributed by atoms with Crippen LogP contribution in [0.2, 0.25) is 0 Å². The van der Waals surface area contributed by atoms with Crippen molar-refractivity contribution in [2.24, 2.45) is 0 Å². The molecule has 0 saturated heterocycles. The number of benzene rings is 1. The first-order valence-electron chi connectivity index (χ1n) is 9.33. The standard InChI is InChI=1S/C20H20N6O3/c1-12-10-16(23-19(29)18(28)21-11-13-6-3-2-4-7-13)26(25-12)20-22-15-9-5-8-14(15)17(27)24-20/h2-4,6-7,10H,5,8-9,11H2,1H3,(H,21,28)(H,23,29)(H,22,24,27). The summed E-state index contributed by atoms with van der Waals surface area (Å²) in [6.45, 7) is 1.98. The lowest BCUT2D eigenvalue weighted by atomic mass is 10.2. The van der Waals surface area contributed by atoms with Gasteiger partial charge in [-0.2, -0.15) is 9.78 Å². The van der Waals surface area contributed by atoms with Gasteiger partial charge in [0.1, 0.15) is 5.82 Å². The highest BCUT2D eigenvalue weighted by Crippen LogP contribution is 2.19. The van der Waals surface area contributed by atoms with Crippen molar-refractivity contribution in [3.8, 4) is 5.95 Å². The number of hydrogen-bond donors (Lipinski definition) is 3. The maximum atomic E-state index is 12.3. The van der Waals surface area contributed by atoms with Crippen LogP contribution in [0, 0.1) is 6.92 Å². The molecular formula is C20H20N6O3. The number of carbonyl (C=O) groups excluding carboxylic acids is 2. The van der Waals surface area contributed by atoms with E-state index >= 15 is 0 Å². The first-order valence-corrected chi connectivity index (χ1v) is 9.33. The Bertz CT molecular complexity index is 1130. The summed E-state index contributed by atoms with van der Waals surface area (Å²) in [6, 6.07) is 10.9. The summed E-state index contributed by atoms with van der Waals surface area (Å²) in [4.78, 5) is 44.0. The molecule has 0 atom stereocenters. The Kier molecular flexibility index (Phi) is 4.94. The van der Waals surface area contributed by atoms with E-state index < -0.39 is 11.8 Å². The topological polar surface area (TPSA) is 122 Å². The van der Waals surface area contributed by atoms with Crippen molar-refractivity contribution in [2.75, 3.05) is 5.32 Å². The Morgan fingerprint density at radius 2 is 1.97 bits per heavy atom. The number of aromatic nitrogens is 4. The van der Waals surface area contributed by atoms with Gasteiger partial charge in [-0.05, 0) is 31.7 Å². The molecule has 1 aliphatic carbocycles. The maximum Gasteiger partial charge on any atom is 0.314 e. The van der Waals surface area contributed by atoms with Crippen molar-refractivity contribution < 1.29 is 9.59 Å². The van der Waals surface area contributed by atoms with Gasteiger partial charge in [-0.25, -0.2) is 4.98 Å². The second kappa shape index (κ2) is 7.70. The molecule has 2 heterocycles. The van der Waals surface area contributed by atoms with Crippen molar-refractivity contribution in [1.29, 1.82) is 0 Å². The number of hydrogen-bond acceptors (Lipinski definition) is 5.